The van der Waals surface area contributed by atoms with Gasteiger partial charge in [-0.15, -0.1) is 0 Å². The van der Waals surface area contributed by atoms with Crippen LogP contribution in [0.1, 0.15) is 77.8 Å². The number of carbonyl (C=O) groups is 2. The van der Waals surface area contributed by atoms with Crippen LogP contribution in [0.5, 0.6) is 0 Å². The zero-order valence-corrected chi connectivity index (χ0v) is 30.5. The molecule has 0 unspecified atom stereocenters. The number of rotatable bonds is 11. The van der Waals surface area contributed by atoms with Crippen molar-refractivity contribution in [3.63, 3.8) is 0 Å². The molecule has 48 heavy (non-hydrogen) atoms. The van der Waals surface area contributed by atoms with E-state index in [1.807, 2.05) is 54.2 Å². The van der Waals surface area contributed by atoms with Gasteiger partial charge in [0, 0.05) is 65.0 Å². The number of sulfonamides is 1. The van der Waals surface area contributed by atoms with Crippen LogP contribution >= 0.6 is 24.0 Å². The molecule has 3 aromatic rings. The van der Waals surface area contributed by atoms with E-state index in [4.69, 9.17) is 18.0 Å². The Balaban J connectivity index is 1.17. The van der Waals surface area contributed by atoms with Gasteiger partial charge in [0.15, 0.2) is 0 Å². The second-order valence-electron chi connectivity index (χ2n) is 14.1. The number of anilines is 1. The molecule has 6 rings (SSSR count). The highest BCUT2D eigenvalue weighted by atomic mass is 32.2. The highest BCUT2D eigenvalue weighted by Crippen LogP contribution is 2.47. The first-order valence-corrected chi connectivity index (χ1v) is 19.7. The van der Waals surface area contributed by atoms with Crippen molar-refractivity contribution in [1.82, 2.24) is 19.5 Å². The number of fused-ring (bicyclic) bond motifs is 2. The monoisotopic (exact) mass is 710 g/mol. The fraction of sp³-hybridized carbons (Fsp3) is 0.514. The van der Waals surface area contributed by atoms with Crippen LogP contribution in [0.2, 0.25) is 0 Å². The molecule has 258 valence electrons. The molecule has 0 spiro atoms. The lowest BCUT2D eigenvalue weighted by Crippen LogP contribution is -2.58. The average Bonchev–Trinajstić information content (AvgIpc) is 3.61. The summed E-state index contributed by atoms with van der Waals surface area (Å²) in [6, 6.07) is 13.9. The number of benzene rings is 2. The molecule has 0 radical (unpaired) electrons. The number of amides is 3. The SMILES string of the molecule is CC(C)S(=O)(=O)N1CCC(n2cc(-c3cccc(C(N)=S)c3)c3ccc(NC(=O)CCCC[C@@H]4SC[C@]5(C)NC(=O)N[C@]45C)cc32)CC1. The molecule has 3 amide bonds. The Morgan fingerprint density at radius 2 is 1.88 bits per heavy atom. The van der Waals surface area contributed by atoms with Crippen molar-refractivity contribution in [3.05, 3.63) is 54.2 Å². The highest BCUT2D eigenvalue weighted by Gasteiger charge is 2.60. The third-order valence-electron chi connectivity index (χ3n) is 10.6. The van der Waals surface area contributed by atoms with E-state index >= 15 is 0 Å². The van der Waals surface area contributed by atoms with Gasteiger partial charge in [-0.05, 0) is 77.1 Å². The molecular weight excluding hydrogens is 665 g/mol. The predicted octanol–water partition coefficient (Wildman–Crippen LogP) is 5.76. The number of urea groups is 1. The fourth-order valence-electron chi connectivity index (χ4n) is 7.43. The smallest absolute Gasteiger partial charge is 0.315 e. The molecule has 0 aliphatic carbocycles. The van der Waals surface area contributed by atoms with Gasteiger partial charge in [-0.1, -0.05) is 42.9 Å². The Hall–Kier alpha value is -3.13. The minimum absolute atomic E-state index is 0.0324. The number of nitrogens with zero attached hydrogens (tertiary/aromatic N) is 2. The van der Waals surface area contributed by atoms with Crippen molar-refractivity contribution in [2.24, 2.45) is 5.73 Å². The number of unbranched alkanes of at least 4 members (excludes halogenated alkanes) is 1. The normalized spacial score (nSPS) is 24.9. The van der Waals surface area contributed by atoms with Crippen molar-refractivity contribution in [1.29, 1.82) is 0 Å². The van der Waals surface area contributed by atoms with Crippen molar-refractivity contribution in [3.8, 4) is 11.1 Å². The van der Waals surface area contributed by atoms with Gasteiger partial charge in [0.25, 0.3) is 0 Å². The largest absolute Gasteiger partial charge is 0.389 e. The molecule has 2 aromatic carbocycles. The van der Waals surface area contributed by atoms with Gasteiger partial charge in [0.2, 0.25) is 15.9 Å². The quantitative estimate of drug-likeness (QED) is 0.113. The third kappa shape index (κ3) is 6.46. The number of piperidine rings is 1. The number of nitrogens with one attached hydrogen (secondary N) is 3. The average molecular weight is 711 g/mol. The van der Waals surface area contributed by atoms with Gasteiger partial charge in [-0.25, -0.2) is 17.5 Å². The van der Waals surface area contributed by atoms with Crippen LogP contribution in [0.4, 0.5) is 10.5 Å². The lowest BCUT2D eigenvalue weighted by atomic mass is 9.79. The van der Waals surface area contributed by atoms with Gasteiger partial charge in [-0.2, -0.15) is 11.8 Å². The van der Waals surface area contributed by atoms with Crippen molar-refractivity contribution >= 4 is 67.5 Å². The minimum Gasteiger partial charge on any atom is -0.389 e. The van der Waals surface area contributed by atoms with Crippen LogP contribution in [0, 0.1) is 0 Å². The summed E-state index contributed by atoms with van der Waals surface area (Å²) in [7, 11) is -3.31. The van der Waals surface area contributed by atoms with E-state index in [1.165, 1.54) is 0 Å². The first kappa shape index (κ1) is 34.7. The zero-order chi connectivity index (χ0) is 34.4. The molecule has 0 bridgehead atoms. The van der Waals surface area contributed by atoms with Crippen LogP contribution < -0.4 is 21.7 Å². The van der Waals surface area contributed by atoms with Gasteiger partial charge in [0.1, 0.15) is 4.99 Å². The fourth-order valence-corrected chi connectivity index (χ4v) is 10.8. The Bertz CT molecular complexity index is 1850. The number of hydrogen-bond acceptors (Lipinski definition) is 6. The number of thioether (sulfide) groups is 1. The lowest BCUT2D eigenvalue weighted by Gasteiger charge is -2.35. The number of aromatic nitrogens is 1. The molecule has 3 aliphatic heterocycles. The standard InChI is InChI=1S/C35H46N6O4S3/c1-22(2)48(44,45)40-16-14-26(15-17-40)41-20-28(23-8-7-9-24(18-23)32(36)46)27-13-12-25(19-29(27)41)37-31(42)11-6-5-10-30-35(4)34(3,21-47-30)38-33(43)39-35/h7-9,12-13,18-20,22,26,30H,5-6,10-11,14-17,21H2,1-4H3,(H2,36,46)(H,37,42)(H2,38,39,43)/t30-,34-,35+/m0/s1. The van der Waals surface area contributed by atoms with E-state index in [1.54, 1.807) is 18.2 Å². The number of thiocarbonyl (C=S) groups is 1. The van der Waals surface area contributed by atoms with Crippen molar-refractivity contribution in [2.45, 2.75) is 93.8 Å². The second kappa shape index (κ2) is 13.3. The molecule has 3 aliphatic rings. The van der Waals surface area contributed by atoms with Crippen molar-refractivity contribution < 1.29 is 18.0 Å². The molecule has 1 aromatic heterocycles. The maximum Gasteiger partial charge on any atom is 0.315 e. The van der Waals surface area contributed by atoms with E-state index < -0.39 is 15.3 Å². The number of hydrogen-bond donors (Lipinski definition) is 4. The third-order valence-corrected chi connectivity index (χ3v) is 15.0. The summed E-state index contributed by atoms with van der Waals surface area (Å²) in [6.45, 7) is 8.61. The Morgan fingerprint density at radius 3 is 2.58 bits per heavy atom. The summed E-state index contributed by atoms with van der Waals surface area (Å²) in [5.74, 6) is 0.844. The van der Waals surface area contributed by atoms with E-state index in [9.17, 15) is 18.0 Å². The molecule has 13 heteroatoms. The van der Waals surface area contributed by atoms with E-state index in [2.05, 4.69) is 40.6 Å². The maximum absolute atomic E-state index is 13.1. The topological polar surface area (TPSA) is 139 Å². The van der Waals surface area contributed by atoms with Gasteiger partial charge < -0.3 is 26.3 Å². The van der Waals surface area contributed by atoms with Crippen LogP contribution in [-0.4, -0.2) is 74.6 Å². The zero-order valence-electron chi connectivity index (χ0n) is 28.0. The van der Waals surface area contributed by atoms with Gasteiger partial charge >= 0.3 is 6.03 Å². The number of carbonyl (C=O) groups excluding carboxylic acids is 2. The maximum atomic E-state index is 13.1. The van der Waals surface area contributed by atoms with Crippen LogP contribution in [-0.2, 0) is 14.8 Å². The van der Waals surface area contributed by atoms with E-state index in [0.29, 0.717) is 42.6 Å². The van der Waals surface area contributed by atoms with Crippen molar-refractivity contribution in [2.75, 3.05) is 24.2 Å². The summed E-state index contributed by atoms with van der Waals surface area (Å²) in [5.41, 5.74) is 9.92. The first-order chi connectivity index (χ1) is 22.7. The van der Waals surface area contributed by atoms with Crippen LogP contribution in [0.15, 0.2) is 48.7 Å². The molecule has 3 saturated heterocycles. The van der Waals surface area contributed by atoms with Crippen LogP contribution in [0.25, 0.3) is 22.0 Å². The first-order valence-electron chi connectivity index (χ1n) is 16.8. The molecule has 3 atom stereocenters. The van der Waals surface area contributed by atoms with Crippen LogP contribution in [0.3, 0.4) is 0 Å². The summed E-state index contributed by atoms with van der Waals surface area (Å²) in [4.78, 5) is 25.5. The Labute approximate surface area is 293 Å². The van der Waals surface area contributed by atoms with Gasteiger partial charge in [0.05, 0.1) is 21.8 Å². The Kier molecular flexibility index (Phi) is 9.62. The molecule has 4 heterocycles. The highest BCUT2D eigenvalue weighted by molar-refractivity contribution is 8.00. The lowest BCUT2D eigenvalue weighted by molar-refractivity contribution is -0.116. The van der Waals surface area contributed by atoms with Gasteiger partial charge in [-0.3, -0.25) is 4.79 Å². The summed E-state index contributed by atoms with van der Waals surface area (Å²) in [5, 5.41) is 10.2. The second-order valence-corrected chi connectivity index (χ2v) is 18.2. The molecule has 0 saturated carbocycles. The molecule has 3 fully saturated rings. The Morgan fingerprint density at radius 1 is 1.12 bits per heavy atom. The molecular formula is C35H46N6O4S3. The minimum atomic E-state index is -3.31. The summed E-state index contributed by atoms with van der Waals surface area (Å²) >= 11 is 7.14. The summed E-state index contributed by atoms with van der Waals surface area (Å²) < 4.78 is 29.6. The summed E-state index contributed by atoms with van der Waals surface area (Å²) in [6.07, 6.45) is 6.52. The van der Waals surface area contributed by atoms with E-state index in [-0.39, 0.29) is 29.1 Å². The predicted molar refractivity (Wildman–Crippen MR) is 199 cm³/mol. The van der Waals surface area contributed by atoms with E-state index in [0.717, 1.165) is 58.3 Å². The molecule has 10 nitrogen and oxygen atoms in total. The molecule has 5 N–H and O–H groups in total. The number of nitrogens with two attached hydrogens (primary N) is 1.